The van der Waals surface area contributed by atoms with E-state index in [1.165, 1.54) is 21.5 Å². The van der Waals surface area contributed by atoms with E-state index in [0.717, 1.165) is 99.2 Å². The molecule has 6 heteroatoms. The molecule has 0 amide bonds. The van der Waals surface area contributed by atoms with E-state index in [9.17, 15) is 0 Å². The molecule has 0 spiro atoms. The molecule has 14 rings (SSSR count). The highest BCUT2D eigenvalue weighted by Gasteiger charge is 2.23. The van der Waals surface area contributed by atoms with Crippen LogP contribution in [-0.4, -0.2) is 19.5 Å². The fraction of sp³-hybridized carbons (Fsp3) is 0. The Kier molecular flexibility index (Phi) is 7.59. The molecule has 0 aliphatic rings. The topological polar surface area (TPSA) is 69.9 Å². The summed E-state index contributed by atoms with van der Waals surface area (Å²) in [5.74, 6) is 1.66. The van der Waals surface area contributed by atoms with E-state index in [-0.39, 0.29) is 0 Å². The second kappa shape index (κ2) is 13.8. The largest absolute Gasteiger partial charge is 0.456 e. The van der Waals surface area contributed by atoms with Crippen molar-refractivity contribution in [3.05, 3.63) is 206 Å². The van der Waals surface area contributed by atoms with Crippen molar-refractivity contribution in [2.45, 2.75) is 0 Å². The van der Waals surface area contributed by atoms with Crippen LogP contribution in [0.1, 0.15) is 0 Å². The highest BCUT2D eigenvalue weighted by molar-refractivity contribution is 6.18. The first-order chi connectivity index (χ1) is 32.2. The average molecular weight is 831 g/mol. The molecule has 4 heterocycles. The van der Waals surface area contributed by atoms with Gasteiger partial charge in [-0.2, -0.15) is 0 Å². The van der Waals surface area contributed by atoms with Crippen molar-refractivity contribution in [1.82, 2.24) is 19.5 Å². The first kappa shape index (κ1) is 35.7. The predicted molar refractivity (Wildman–Crippen MR) is 265 cm³/mol. The Morgan fingerprint density at radius 2 is 0.877 bits per heavy atom. The van der Waals surface area contributed by atoms with Crippen molar-refractivity contribution in [3.63, 3.8) is 0 Å². The van der Waals surface area contributed by atoms with Crippen LogP contribution in [0.4, 0.5) is 0 Å². The molecule has 0 atom stereocenters. The quantitative estimate of drug-likeness (QED) is 0.173. The van der Waals surface area contributed by atoms with Gasteiger partial charge in [0.15, 0.2) is 17.5 Å². The van der Waals surface area contributed by atoms with Crippen LogP contribution in [0.2, 0.25) is 0 Å². The van der Waals surface area contributed by atoms with Gasteiger partial charge in [-0.25, -0.2) is 15.0 Å². The molecule has 0 fully saturated rings. The van der Waals surface area contributed by atoms with Crippen LogP contribution < -0.4 is 0 Å². The number of benzene rings is 10. The molecule has 0 unspecified atom stereocenters. The molecule has 0 aliphatic carbocycles. The first-order valence-corrected chi connectivity index (χ1v) is 21.8. The Morgan fingerprint density at radius 3 is 1.68 bits per heavy atom. The maximum Gasteiger partial charge on any atom is 0.164 e. The summed E-state index contributed by atoms with van der Waals surface area (Å²) in [6, 6.07) is 72.2. The van der Waals surface area contributed by atoms with Gasteiger partial charge in [0, 0.05) is 43.6 Å². The summed E-state index contributed by atoms with van der Waals surface area (Å²) in [6.45, 7) is 0. The van der Waals surface area contributed by atoms with Crippen LogP contribution in [0.3, 0.4) is 0 Å². The predicted octanol–water partition coefficient (Wildman–Crippen LogP) is 15.7. The van der Waals surface area contributed by atoms with Crippen LogP contribution >= 0.6 is 0 Å². The Bertz CT molecular complexity index is 4250. The summed E-state index contributed by atoms with van der Waals surface area (Å²) in [5, 5.41) is 11.1. The van der Waals surface area contributed by atoms with Gasteiger partial charge in [0.1, 0.15) is 22.3 Å². The van der Waals surface area contributed by atoms with Crippen molar-refractivity contribution < 1.29 is 8.83 Å². The van der Waals surface area contributed by atoms with Crippen LogP contribution in [0.25, 0.3) is 138 Å². The molecule has 10 aromatic carbocycles. The van der Waals surface area contributed by atoms with Gasteiger partial charge in [-0.3, -0.25) is 0 Å². The first-order valence-electron chi connectivity index (χ1n) is 21.8. The monoisotopic (exact) mass is 830 g/mol. The molecular weight excluding hydrogens is 797 g/mol. The molecule has 4 aromatic heterocycles. The lowest BCUT2D eigenvalue weighted by atomic mass is 10.0. The highest BCUT2D eigenvalue weighted by atomic mass is 16.3. The number of furan rings is 2. The van der Waals surface area contributed by atoms with E-state index in [0.29, 0.717) is 17.5 Å². The number of fused-ring (bicyclic) bond motifs is 11. The Morgan fingerprint density at radius 1 is 0.292 bits per heavy atom. The third-order valence-electron chi connectivity index (χ3n) is 13.0. The molecule has 0 saturated carbocycles. The van der Waals surface area contributed by atoms with E-state index in [1.54, 1.807) is 0 Å². The maximum atomic E-state index is 6.94. The number of rotatable bonds is 5. The standard InChI is InChI=1S/C59H34N4O2/c1-2-13-35(14-3-1)36-19-12-20-41(27-36)57-60-58(42-25-26-53-47(30-42)45-22-9-11-24-52(45)64-53)62-59(61-57)43-32-51(56-48-29-38-16-5-7-18-40(38)33-54(48)65-55(56)34-43)63-49-23-10-8-21-44(49)46-28-37-15-4-6-17-39(37)31-50(46)63/h1-34H. The van der Waals surface area contributed by atoms with E-state index in [1.807, 2.05) is 36.4 Å². The molecule has 65 heavy (non-hydrogen) atoms. The molecule has 0 aliphatic heterocycles. The highest BCUT2D eigenvalue weighted by Crippen LogP contribution is 2.43. The smallest absolute Gasteiger partial charge is 0.164 e. The summed E-state index contributed by atoms with van der Waals surface area (Å²) >= 11 is 0. The fourth-order valence-corrected chi connectivity index (χ4v) is 9.89. The molecular formula is C59H34N4O2. The lowest BCUT2D eigenvalue weighted by Gasteiger charge is -2.14. The minimum atomic E-state index is 0.534. The Hall–Kier alpha value is -8.87. The van der Waals surface area contributed by atoms with Gasteiger partial charge in [0.25, 0.3) is 0 Å². The molecule has 0 bridgehead atoms. The third-order valence-corrected chi connectivity index (χ3v) is 13.0. The summed E-state index contributed by atoms with van der Waals surface area (Å²) in [7, 11) is 0. The fourth-order valence-electron chi connectivity index (χ4n) is 9.89. The normalized spacial score (nSPS) is 12.0. The van der Waals surface area contributed by atoms with Gasteiger partial charge in [-0.05, 0) is 105 Å². The molecule has 0 N–H and O–H groups in total. The second-order valence-electron chi connectivity index (χ2n) is 16.8. The average Bonchev–Trinajstić information content (AvgIpc) is 4.03. The van der Waals surface area contributed by atoms with E-state index in [2.05, 4.69) is 174 Å². The van der Waals surface area contributed by atoms with Gasteiger partial charge in [0.2, 0.25) is 0 Å². The van der Waals surface area contributed by atoms with Gasteiger partial charge in [-0.15, -0.1) is 0 Å². The van der Waals surface area contributed by atoms with Crippen molar-refractivity contribution in [2.24, 2.45) is 0 Å². The van der Waals surface area contributed by atoms with E-state index in [4.69, 9.17) is 23.8 Å². The van der Waals surface area contributed by atoms with Crippen LogP contribution in [0.5, 0.6) is 0 Å². The van der Waals surface area contributed by atoms with Crippen LogP contribution in [0.15, 0.2) is 215 Å². The summed E-state index contributed by atoms with van der Waals surface area (Å²) < 4.78 is 15.6. The van der Waals surface area contributed by atoms with Crippen LogP contribution in [-0.2, 0) is 0 Å². The van der Waals surface area contributed by atoms with Gasteiger partial charge >= 0.3 is 0 Å². The van der Waals surface area contributed by atoms with Crippen molar-refractivity contribution in [3.8, 4) is 51.0 Å². The lowest BCUT2D eigenvalue weighted by Crippen LogP contribution is -2.02. The minimum absolute atomic E-state index is 0.534. The zero-order chi connectivity index (χ0) is 42.6. The molecule has 0 radical (unpaired) electrons. The van der Waals surface area contributed by atoms with E-state index < -0.39 is 0 Å². The number of para-hydroxylation sites is 2. The summed E-state index contributed by atoms with van der Waals surface area (Å²) in [6.07, 6.45) is 0. The van der Waals surface area contributed by atoms with Crippen molar-refractivity contribution in [1.29, 1.82) is 0 Å². The number of hydrogen-bond acceptors (Lipinski definition) is 5. The maximum absolute atomic E-state index is 6.94. The number of hydrogen-bond donors (Lipinski definition) is 0. The summed E-state index contributed by atoms with van der Waals surface area (Å²) in [4.78, 5) is 15.9. The number of nitrogens with zero attached hydrogens (tertiary/aromatic N) is 4. The number of aromatic nitrogens is 4. The molecule has 6 nitrogen and oxygen atoms in total. The van der Waals surface area contributed by atoms with Crippen LogP contribution in [0, 0.1) is 0 Å². The zero-order valence-electron chi connectivity index (χ0n) is 34.7. The van der Waals surface area contributed by atoms with Gasteiger partial charge in [-0.1, -0.05) is 133 Å². The minimum Gasteiger partial charge on any atom is -0.456 e. The lowest BCUT2D eigenvalue weighted by molar-refractivity contribution is 0.668. The van der Waals surface area contributed by atoms with Gasteiger partial charge < -0.3 is 13.4 Å². The van der Waals surface area contributed by atoms with Crippen molar-refractivity contribution in [2.75, 3.05) is 0 Å². The zero-order valence-corrected chi connectivity index (χ0v) is 34.7. The van der Waals surface area contributed by atoms with Crippen molar-refractivity contribution >= 4 is 87.2 Å². The SMILES string of the molecule is c1ccc(-c2cccc(-c3nc(-c4cc(-n5c6ccccc6c6cc7ccccc7cc65)c5c(c4)oc4cc6ccccc6cc45)nc(-c4ccc5oc6ccccc6c5c4)n3)c2)cc1. The molecule has 0 saturated heterocycles. The second-order valence-corrected chi connectivity index (χ2v) is 16.8. The van der Waals surface area contributed by atoms with E-state index >= 15 is 0 Å². The Balaban J connectivity index is 1.07. The molecule has 14 aromatic rings. The Labute approximate surface area is 371 Å². The third kappa shape index (κ3) is 5.64. The molecule has 302 valence electrons. The van der Waals surface area contributed by atoms with Gasteiger partial charge in [0.05, 0.1) is 22.1 Å². The summed E-state index contributed by atoms with van der Waals surface area (Å²) in [5.41, 5.74) is 11.2.